The predicted molar refractivity (Wildman–Crippen MR) is 79.6 cm³/mol. The zero-order valence-electron chi connectivity index (χ0n) is 11.6. The highest BCUT2D eigenvalue weighted by Gasteiger charge is 2.29. The summed E-state index contributed by atoms with van der Waals surface area (Å²) >= 11 is 1.86. The highest BCUT2D eigenvalue weighted by atomic mass is 32.2. The molecule has 0 aliphatic carbocycles. The highest BCUT2D eigenvalue weighted by Crippen LogP contribution is 2.36. The van der Waals surface area contributed by atoms with Gasteiger partial charge in [-0.2, -0.15) is 11.8 Å². The quantitative estimate of drug-likeness (QED) is 0.686. The Morgan fingerprint density at radius 1 is 1.55 bits per heavy atom. The number of rotatable bonds is 4. The van der Waals surface area contributed by atoms with Crippen molar-refractivity contribution >= 4 is 29.4 Å². The number of carbonyl (C=O) groups excluding carboxylic acids is 1. The van der Waals surface area contributed by atoms with Crippen LogP contribution in [0.15, 0.2) is 6.07 Å². The van der Waals surface area contributed by atoms with Crippen molar-refractivity contribution < 1.29 is 14.7 Å². The Labute approximate surface area is 121 Å². The first-order chi connectivity index (χ1) is 9.39. The molecule has 2 rings (SSSR count). The number of hydrogen-bond donors (Lipinski definition) is 4. The third kappa shape index (κ3) is 3.47. The Kier molecular flexibility index (Phi) is 4.27. The second-order valence-electron chi connectivity index (χ2n) is 5.26. The summed E-state index contributed by atoms with van der Waals surface area (Å²) < 4.78 is 0.0844. The molecular weight excluding hydrogens is 278 g/mol. The minimum atomic E-state index is -1.09. The van der Waals surface area contributed by atoms with E-state index in [-0.39, 0.29) is 22.2 Å². The number of amides is 2. The van der Waals surface area contributed by atoms with E-state index >= 15 is 0 Å². The molecule has 1 saturated heterocycles. The molecule has 2 amide bonds. The van der Waals surface area contributed by atoms with Gasteiger partial charge in [-0.15, -0.1) is 0 Å². The predicted octanol–water partition coefficient (Wildman–Crippen LogP) is 2.43. The lowest BCUT2D eigenvalue weighted by Crippen LogP contribution is -2.39. The van der Waals surface area contributed by atoms with Crippen molar-refractivity contribution in [2.45, 2.75) is 31.4 Å². The fourth-order valence-electron chi connectivity index (χ4n) is 2.27. The summed E-state index contributed by atoms with van der Waals surface area (Å²) in [4.78, 5) is 25.6. The van der Waals surface area contributed by atoms with Gasteiger partial charge in [0.2, 0.25) is 0 Å². The number of aryl methyl sites for hydroxylation is 1. The van der Waals surface area contributed by atoms with Crippen molar-refractivity contribution in [3.8, 4) is 0 Å². The van der Waals surface area contributed by atoms with E-state index < -0.39 is 5.97 Å². The van der Waals surface area contributed by atoms with Gasteiger partial charge in [0, 0.05) is 17.0 Å². The molecule has 1 atom stereocenters. The van der Waals surface area contributed by atoms with Crippen LogP contribution in [0.25, 0.3) is 0 Å². The molecule has 6 nitrogen and oxygen atoms in total. The molecule has 0 aromatic carbocycles. The number of anilines is 1. The Morgan fingerprint density at radius 2 is 2.30 bits per heavy atom. The molecule has 1 fully saturated rings. The van der Waals surface area contributed by atoms with Crippen molar-refractivity contribution in [3.63, 3.8) is 0 Å². The number of aromatic amines is 1. The van der Waals surface area contributed by atoms with E-state index in [0.717, 1.165) is 12.2 Å². The molecular formula is C13H19N3O3S. The second kappa shape index (κ2) is 5.78. The number of thioether (sulfide) groups is 1. The van der Waals surface area contributed by atoms with E-state index in [1.807, 2.05) is 11.8 Å². The van der Waals surface area contributed by atoms with E-state index in [4.69, 9.17) is 5.11 Å². The molecule has 4 N–H and O–H groups in total. The second-order valence-corrected chi connectivity index (χ2v) is 6.94. The maximum absolute atomic E-state index is 11.9. The van der Waals surface area contributed by atoms with Crippen LogP contribution in [0.4, 0.5) is 10.5 Å². The number of carbonyl (C=O) groups is 2. The monoisotopic (exact) mass is 297 g/mol. The smallest absolute Gasteiger partial charge is 0.354 e. The third-order valence-corrected chi connectivity index (χ3v) is 4.88. The summed E-state index contributed by atoms with van der Waals surface area (Å²) in [5.74, 6) is 0.0340. The first kappa shape index (κ1) is 14.8. The zero-order chi connectivity index (χ0) is 14.8. The molecule has 0 bridgehead atoms. The molecule has 7 heteroatoms. The summed E-state index contributed by atoms with van der Waals surface area (Å²) in [6, 6.07) is 1.23. The maximum atomic E-state index is 11.9. The van der Waals surface area contributed by atoms with Gasteiger partial charge < -0.3 is 20.7 Å². The number of urea groups is 1. The fraction of sp³-hybridized carbons (Fsp3) is 0.538. The number of nitrogens with one attached hydrogen (secondary N) is 3. The lowest BCUT2D eigenvalue weighted by atomic mass is 10.1. The third-order valence-electron chi connectivity index (χ3n) is 3.34. The number of aromatic nitrogens is 1. The van der Waals surface area contributed by atoms with E-state index in [2.05, 4.69) is 22.5 Å². The molecule has 1 aromatic rings. The van der Waals surface area contributed by atoms with E-state index in [0.29, 0.717) is 12.2 Å². The van der Waals surface area contributed by atoms with Crippen molar-refractivity contribution in [3.05, 3.63) is 17.5 Å². The Morgan fingerprint density at radius 3 is 2.90 bits per heavy atom. The largest absolute Gasteiger partial charge is 0.477 e. The van der Waals surface area contributed by atoms with E-state index in [1.165, 1.54) is 6.42 Å². The summed E-state index contributed by atoms with van der Waals surface area (Å²) in [7, 11) is 0. The Balaban J connectivity index is 1.93. The molecule has 110 valence electrons. The van der Waals surface area contributed by atoms with Crippen LogP contribution in [-0.2, 0) is 0 Å². The van der Waals surface area contributed by atoms with Gasteiger partial charge in [0.1, 0.15) is 5.69 Å². The van der Waals surface area contributed by atoms with Crippen LogP contribution in [0, 0.1) is 6.92 Å². The number of carboxylic acid groups (broad SMARTS) is 1. The van der Waals surface area contributed by atoms with Crippen LogP contribution in [-0.4, -0.2) is 39.1 Å². The molecule has 2 heterocycles. The topological polar surface area (TPSA) is 94.2 Å². The number of carboxylic acids is 1. The normalized spacial score (nSPS) is 21.7. The molecule has 0 radical (unpaired) electrons. The van der Waals surface area contributed by atoms with Crippen molar-refractivity contribution in [1.82, 2.24) is 10.3 Å². The van der Waals surface area contributed by atoms with Crippen molar-refractivity contribution in [2.75, 3.05) is 17.6 Å². The molecule has 1 aromatic heterocycles. The molecule has 1 aliphatic heterocycles. The van der Waals surface area contributed by atoms with E-state index in [1.54, 1.807) is 13.0 Å². The van der Waals surface area contributed by atoms with Gasteiger partial charge in [-0.1, -0.05) is 0 Å². The SMILES string of the molecule is Cc1cc(NC(=O)NCC2(C)CCCS2)c(C(=O)O)[nH]1. The number of H-pyrrole nitrogens is 1. The first-order valence-electron chi connectivity index (χ1n) is 6.51. The van der Waals surface area contributed by atoms with Gasteiger partial charge in [-0.05, 0) is 38.5 Å². The summed E-state index contributed by atoms with van der Waals surface area (Å²) in [5, 5.41) is 14.4. The van der Waals surface area contributed by atoms with E-state index in [9.17, 15) is 9.59 Å². The van der Waals surface area contributed by atoms with Gasteiger partial charge in [0.05, 0.1) is 5.69 Å². The molecule has 1 unspecified atom stereocenters. The van der Waals surface area contributed by atoms with Crippen LogP contribution in [0.5, 0.6) is 0 Å². The molecule has 0 saturated carbocycles. The van der Waals surface area contributed by atoms with Gasteiger partial charge in [-0.3, -0.25) is 0 Å². The first-order valence-corrected chi connectivity index (χ1v) is 7.50. The van der Waals surface area contributed by atoms with Crippen molar-refractivity contribution in [2.24, 2.45) is 0 Å². The lowest BCUT2D eigenvalue weighted by molar-refractivity contribution is 0.0692. The maximum Gasteiger partial charge on any atom is 0.354 e. The number of hydrogen-bond acceptors (Lipinski definition) is 3. The lowest BCUT2D eigenvalue weighted by Gasteiger charge is -2.22. The van der Waals surface area contributed by atoms with Crippen LogP contribution in [0.2, 0.25) is 0 Å². The highest BCUT2D eigenvalue weighted by molar-refractivity contribution is 8.00. The summed E-state index contributed by atoms with van der Waals surface area (Å²) in [6.07, 6.45) is 2.26. The van der Waals surface area contributed by atoms with Gasteiger partial charge in [0.25, 0.3) is 0 Å². The van der Waals surface area contributed by atoms with Gasteiger partial charge in [0.15, 0.2) is 0 Å². The fourth-order valence-corrected chi connectivity index (χ4v) is 3.51. The minimum absolute atomic E-state index is 0.000830. The summed E-state index contributed by atoms with van der Waals surface area (Å²) in [5.41, 5.74) is 0.979. The van der Waals surface area contributed by atoms with Gasteiger partial charge >= 0.3 is 12.0 Å². The minimum Gasteiger partial charge on any atom is -0.477 e. The van der Waals surface area contributed by atoms with Crippen LogP contribution in [0.3, 0.4) is 0 Å². The van der Waals surface area contributed by atoms with Crippen molar-refractivity contribution in [1.29, 1.82) is 0 Å². The van der Waals surface area contributed by atoms with Crippen LogP contribution in [0.1, 0.15) is 35.9 Å². The zero-order valence-corrected chi connectivity index (χ0v) is 12.4. The average molecular weight is 297 g/mol. The molecule has 0 spiro atoms. The Bertz CT molecular complexity index is 521. The molecule has 20 heavy (non-hydrogen) atoms. The van der Waals surface area contributed by atoms with Gasteiger partial charge in [-0.25, -0.2) is 9.59 Å². The Hall–Kier alpha value is -1.63. The average Bonchev–Trinajstić information content (AvgIpc) is 2.94. The molecule has 1 aliphatic rings. The van der Waals surface area contributed by atoms with Crippen LogP contribution >= 0.6 is 11.8 Å². The summed E-state index contributed by atoms with van der Waals surface area (Å²) in [6.45, 7) is 4.45. The number of aromatic carboxylic acids is 1. The van der Waals surface area contributed by atoms with Crippen LogP contribution < -0.4 is 10.6 Å². The standard InChI is InChI=1S/C13H19N3O3S/c1-8-6-9(10(15-8)11(17)18)16-12(19)14-7-13(2)4-3-5-20-13/h6,15H,3-5,7H2,1-2H3,(H,17,18)(H2,14,16,19).